The maximum absolute atomic E-state index is 5.16. The van der Waals surface area contributed by atoms with Gasteiger partial charge in [-0.1, -0.05) is 6.92 Å². The van der Waals surface area contributed by atoms with Gasteiger partial charge in [0.05, 0.1) is 6.61 Å². The highest BCUT2D eigenvalue weighted by atomic mass is 16.5. The Morgan fingerprint density at radius 3 is 3.00 bits per heavy atom. The summed E-state index contributed by atoms with van der Waals surface area (Å²) < 4.78 is 5.16. The number of ether oxygens (including phenoxy) is 1. The SMILES string of the molecule is CCCN1CCCC1COC. The van der Waals surface area contributed by atoms with Gasteiger partial charge in [0.1, 0.15) is 0 Å². The van der Waals surface area contributed by atoms with Gasteiger partial charge >= 0.3 is 0 Å². The lowest BCUT2D eigenvalue weighted by Gasteiger charge is -2.22. The van der Waals surface area contributed by atoms with Gasteiger partial charge in [0.2, 0.25) is 0 Å². The molecule has 1 saturated heterocycles. The molecule has 1 heterocycles. The molecule has 0 radical (unpaired) electrons. The van der Waals surface area contributed by atoms with Gasteiger partial charge in [-0.05, 0) is 32.4 Å². The molecule has 0 amide bonds. The largest absolute Gasteiger partial charge is 0.383 e. The average Bonchev–Trinajstić information content (AvgIpc) is 2.39. The molecule has 0 aliphatic carbocycles. The van der Waals surface area contributed by atoms with E-state index < -0.39 is 0 Å². The molecule has 2 nitrogen and oxygen atoms in total. The second kappa shape index (κ2) is 4.73. The number of hydrogen-bond donors (Lipinski definition) is 0. The first-order chi connectivity index (χ1) is 5.38. The Kier molecular flexibility index (Phi) is 3.87. The number of nitrogens with zero attached hydrogens (tertiary/aromatic N) is 1. The monoisotopic (exact) mass is 157 g/mol. The third kappa shape index (κ3) is 2.46. The third-order valence-electron chi connectivity index (χ3n) is 2.37. The number of likely N-dealkylation sites (tertiary alicyclic amines) is 1. The molecule has 1 rings (SSSR count). The van der Waals surface area contributed by atoms with Gasteiger partial charge in [-0.15, -0.1) is 0 Å². The van der Waals surface area contributed by atoms with Crippen molar-refractivity contribution >= 4 is 0 Å². The first kappa shape index (κ1) is 9.01. The van der Waals surface area contributed by atoms with Crippen molar-refractivity contribution in [1.29, 1.82) is 0 Å². The molecule has 0 aromatic carbocycles. The van der Waals surface area contributed by atoms with E-state index in [2.05, 4.69) is 11.8 Å². The van der Waals surface area contributed by atoms with Crippen LogP contribution in [0.2, 0.25) is 0 Å². The van der Waals surface area contributed by atoms with Gasteiger partial charge in [-0.25, -0.2) is 0 Å². The summed E-state index contributed by atoms with van der Waals surface area (Å²) >= 11 is 0. The highest BCUT2D eigenvalue weighted by Gasteiger charge is 2.22. The summed E-state index contributed by atoms with van der Waals surface area (Å²) in [4.78, 5) is 2.55. The fourth-order valence-corrected chi connectivity index (χ4v) is 1.86. The highest BCUT2D eigenvalue weighted by molar-refractivity contribution is 4.77. The fraction of sp³-hybridized carbons (Fsp3) is 1.00. The lowest BCUT2D eigenvalue weighted by molar-refractivity contribution is 0.115. The lowest BCUT2D eigenvalue weighted by atomic mass is 10.2. The van der Waals surface area contributed by atoms with Crippen molar-refractivity contribution in [2.75, 3.05) is 26.8 Å². The van der Waals surface area contributed by atoms with Crippen molar-refractivity contribution < 1.29 is 4.74 Å². The van der Waals surface area contributed by atoms with E-state index in [1.165, 1.54) is 32.4 Å². The fourth-order valence-electron chi connectivity index (χ4n) is 1.86. The van der Waals surface area contributed by atoms with Crippen molar-refractivity contribution in [2.24, 2.45) is 0 Å². The first-order valence-corrected chi connectivity index (χ1v) is 4.61. The maximum atomic E-state index is 5.16. The Morgan fingerprint density at radius 1 is 1.55 bits per heavy atom. The van der Waals surface area contributed by atoms with Crippen LogP contribution in [0.5, 0.6) is 0 Å². The molecule has 1 aliphatic rings. The molecule has 0 spiro atoms. The molecule has 0 N–H and O–H groups in total. The zero-order valence-corrected chi connectivity index (χ0v) is 7.68. The molecule has 0 saturated carbocycles. The molecule has 1 fully saturated rings. The Morgan fingerprint density at radius 2 is 2.36 bits per heavy atom. The van der Waals surface area contributed by atoms with Gasteiger partial charge in [-0.3, -0.25) is 4.90 Å². The molecule has 66 valence electrons. The number of hydrogen-bond acceptors (Lipinski definition) is 2. The van der Waals surface area contributed by atoms with Crippen molar-refractivity contribution in [3.63, 3.8) is 0 Å². The predicted octanol–water partition coefficient (Wildman–Crippen LogP) is 1.51. The highest BCUT2D eigenvalue weighted by Crippen LogP contribution is 2.16. The maximum Gasteiger partial charge on any atom is 0.0618 e. The predicted molar refractivity (Wildman–Crippen MR) is 46.8 cm³/mol. The number of methoxy groups -OCH3 is 1. The molecule has 2 heteroatoms. The van der Waals surface area contributed by atoms with Crippen LogP contribution in [0.4, 0.5) is 0 Å². The molecule has 0 bridgehead atoms. The normalized spacial score (nSPS) is 26.2. The Balaban J connectivity index is 2.25. The Labute approximate surface area is 69.5 Å². The minimum Gasteiger partial charge on any atom is -0.383 e. The van der Waals surface area contributed by atoms with Crippen molar-refractivity contribution in [3.05, 3.63) is 0 Å². The van der Waals surface area contributed by atoms with E-state index in [9.17, 15) is 0 Å². The van der Waals surface area contributed by atoms with Crippen molar-refractivity contribution in [2.45, 2.75) is 32.2 Å². The third-order valence-corrected chi connectivity index (χ3v) is 2.37. The summed E-state index contributed by atoms with van der Waals surface area (Å²) in [5, 5.41) is 0. The minimum absolute atomic E-state index is 0.708. The van der Waals surface area contributed by atoms with E-state index in [0.717, 1.165) is 6.61 Å². The van der Waals surface area contributed by atoms with Gasteiger partial charge < -0.3 is 4.74 Å². The van der Waals surface area contributed by atoms with E-state index in [0.29, 0.717) is 6.04 Å². The van der Waals surface area contributed by atoms with Crippen molar-refractivity contribution in [3.8, 4) is 0 Å². The molecule has 1 atom stereocenters. The Bertz CT molecular complexity index is 93.7. The van der Waals surface area contributed by atoms with E-state index in [4.69, 9.17) is 4.74 Å². The van der Waals surface area contributed by atoms with E-state index >= 15 is 0 Å². The topological polar surface area (TPSA) is 12.5 Å². The van der Waals surface area contributed by atoms with Crippen LogP contribution in [-0.4, -0.2) is 37.7 Å². The lowest BCUT2D eigenvalue weighted by Crippen LogP contribution is -2.33. The van der Waals surface area contributed by atoms with E-state index in [-0.39, 0.29) is 0 Å². The van der Waals surface area contributed by atoms with Crippen LogP contribution >= 0.6 is 0 Å². The van der Waals surface area contributed by atoms with Gasteiger partial charge in [0, 0.05) is 13.2 Å². The van der Waals surface area contributed by atoms with E-state index in [1.54, 1.807) is 7.11 Å². The van der Waals surface area contributed by atoms with Crippen LogP contribution < -0.4 is 0 Å². The summed E-state index contributed by atoms with van der Waals surface area (Å²) in [5.74, 6) is 0. The zero-order valence-electron chi connectivity index (χ0n) is 7.68. The van der Waals surface area contributed by atoms with Crippen molar-refractivity contribution in [1.82, 2.24) is 4.90 Å². The Hall–Kier alpha value is -0.0800. The van der Waals surface area contributed by atoms with Crippen LogP contribution in [-0.2, 0) is 4.74 Å². The van der Waals surface area contributed by atoms with E-state index in [1.807, 2.05) is 0 Å². The molecule has 1 aliphatic heterocycles. The molecule has 1 unspecified atom stereocenters. The minimum atomic E-state index is 0.708. The molecule has 11 heavy (non-hydrogen) atoms. The van der Waals surface area contributed by atoms with Crippen LogP contribution in [0.15, 0.2) is 0 Å². The molecule has 0 aromatic rings. The summed E-state index contributed by atoms with van der Waals surface area (Å²) in [6.07, 6.45) is 3.95. The van der Waals surface area contributed by atoms with Gasteiger partial charge in [0.25, 0.3) is 0 Å². The van der Waals surface area contributed by atoms with Crippen LogP contribution in [0, 0.1) is 0 Å². The molecule has 0 aromatic heterocycles. The smallest absolute Gasteiger partial charge is 0.0618 e. The van der Waals surface area contributed by atoms with Crippen LogP contribution in [0.3, 0.4) is 0 Å². The molecular formula is C9H19NO. The first-order valence-electron chi connectivity index (χ1n) is 4.61. The summed E-state index contributed by atoms with van der Waals surface area (Å²) in [5.41, 5.74) is 0. The number of rotatable bonds is 4. The quantitative estimate of drug-likeness (QED) is 0.613. The summed E-state index contributed by atoms with van der Waals surface area (Å²) in [6.45, 7) is 5.68. The van der Waals surface area contributed by atoms with Gasteiger partial charge in [0.15, 0.2) is 0 Å². The second-order valence-electron chi connectivity index (χ2n) is 3.29. The molecular weight excluding hydrogens is 138 g/mol. The van der Waals surface area contributed by atoms with Gasteiger partial charge in [-0.2, -0.15) is 0 Å². The van der Waals surface area contributed by atoms with Crippen LogP contribution in [0.1, 0.15) is 26.2 Å². The zero-order chi connectivity index (χ0) is 8.10. The summed E-state index contributed by atoms with van der Waals surface area (Å²) in [7, 11) is 1.79. The average molecular weight is 157 g/mol. The second-order valence-corrected chi connectivity index (χ2v) is 3.29. The summed E-state index contributed by atoms with van der Waals surface area (Å²) in [6, 6.07) is 0.708. The van der Waals surface area contributed by atoms with Crippen LogP contribution in [0.25, 0.3) is 0 Å². The standard InChI is InChI=1S/C9H19NO/c1-3-6-10-7-4-5-9(10)8-11-2/h9H,3-8H2,1-2H3.